The number of pyridine rings is 1. The smallest absolute Gasteiger partial charge is 0.433 e. The number of nitrogens with zero attached hydrogens (tertiary/aromatic N) is 1. The SMILES string of the molecule is O=C(O)Cc1ccc(F)nc1C(F)(F)F. The summed E-state index contributed by atoms with van der Waals surface area (Å²) in [4.78, 5) is 12.9. The lowest BCUT2D eigenvalue weighted by Gasteiger charge is -2.09. The lowest BCUT2D eigenvalue weighted by atomic mass is 10.1. The molecule has 0 fully saturated rings. The van der Waals surface area contributed by atoms with E-state index in [1.54, 1.807) is 0 Å². The average Bonchev–Trinajstić information content (AvgIpc) is 2.05. The van der Waals surface area contributed by atoms with Crippen molar-refractivity contribution in [2.24, 2.45) is 0 Å². The third-order valence-corrected chi connectivity index (χ3v) is 1.56. The molecule has 1 rings (SSSR count). The van der Waals surface area contributed by atoms with Gasteiger partial charge in [0.1, 0.15) is 0 Å². The van der Waals surface area contributed by atoms with Gasteiger partial charge < -0.3 is 5.11 Å². The fraction of sp³-hybridized carbons (Fsp3) is 0.250. The highest BCUT2D eigenvalue weighted by Gasteiger charge is 2.36. The van der Waals surface area contributed by atoms with E-state index < -0.39 is 35.8 Å². The molecular formula is C8H5F4NO2. The first-order chi connectivity index (χ1) is 6.80. The lowest BCUT2D eigenvalue weighted by Crippen LogP contribution is -2.15. The number of alkyl halides is 3. The molecule has 0 aliphatic heterocycles. The molecule has 1 N–H and O–H groups in total. The van der Waals surface area contributed by atoms with E-state index >= 15 is 0 Å². The molecule has 0 aromatic carbocycles. The molecule has 0 saturated carbocycles. The van der Waals surface area contributed by atoms with E-state index in [0.717, 1.165) is 6.07 Å². The van der Waals surface area contributed by atoms with Gasteiger partial charge in [0.05, 0.1) is 6.42 Å². The maximum absolute atomic E-state index is 12.5. The van der Waals surface area contributed by atoms with Gasteiger partial charge in [0.25, 0.3) is 0 Å². The number of halogens is 4. The van der Waals surface area contributed by atoms with Gasteiger partial charge >= 0.3 is 12.1 Å². The van der Waals surface area contributed by atoms with E-state index in [-0.39, 0.29) is 0 Å². The third kappa shape index (κ3) is 2.90. The zero-order chi connectivity index (χ0) is 11.6. The van der Waals surface area contributed by atoms with Gasteiger partial charge in [0, 0.05) is 0 Å². The van der Waals surface area contributed by atoms with Crippen LogP contribution in [0.2, 0.25) is 0 Å². The Morgan fingerprint density at radius 2 is 2.00 bits per heavy atom. The van der Waals surface area contributed by atoms with Gasteiger partial charge in [-0.15, -0.1) is 0 Å². The van der Waals surface area contributed by atoms with Gasteiger partial charge in [-0.1, -0.05) is 6.07 Å². The number of aliphatic carboxylic acids is 1. The van der Waals surface area contributed by atoms with Crippen molar-refractivity contribution in [3.8, 4) is 0 Å². The molecule has 1 aromatic heterocycles. The Bertz CT molecular complexity index is 389. The molecule has 1 heterocycles. The second kappa shape index (κ2) is 3.84. The van der Waals surface area contributed by atoms with Gasteiger partial charge in [-0.05, 0) is 11.6 Å². The van der Waals surface area contributed by atoms with E-state index in [0.29, 0.717) is 6.07 Å². The van der Waals surface area contributed by atoms with Crippen LogP contribution in [-0.2, 0) is 17.4 Å². The Labute approximate surface area is 81.4 Å². The minimum absolute atomic E-state index is 0.559. The van der Waals surface area contributed by atoms with Crippen LogP contribution in [0.25, 0.3) is 0 Å². The second-order valence-electron chi connectivity index (χ2n) is 2.71. The van der Waals surface area contributed by atoms with Crippen molar-refractivity contribution in [2.45, 2.75) is 12.6 Å². The van der Waals surface area contributed by atoms with Gasteiger partial charge in [0.2, 0.25) is 5.95 Å². The van der Waals surface area contributed by atoms with Crippen molar-refractivity contribution in [1.82, 2.24) is 4.98 Å². The molecular weight excluding hydrogens is 218 g/mol. The fourth-order valence-electron chi connectivity index (χ4n) is 1.02. The Hall–Kier alpha value is -1.66. The van der Waals surface area contributed by atoms with E-state index in [1.807, 2.05) is 0 Å². The molecule has 0 amide bonds. The normalized spacial score (nSPS) is 11.5. The van der Waals surface area contributed by atoms with Crippen LogP contribution < -0.4 is 0 Å². The molecule has 0 saturated heterocycles. The van der Waals surface area contributed by atoms with Crippen LogP contribution in [-0.4, -0.2) is 16.1 Å². The van der Waals surface area contributed by atoms with Gasteiger partial charge in [0.15, 0.2) is 5.69 Å². The van der Waals surface area contributed by atoms with Crippen molar-refractivity contribution in [3.05, 3.63) is 29.3 Å². The summed E-state index contributed by atoms with van der Waals surface area (Å²) in [7, 11) is 0. The van der Waals surface area contributed by atoms with Crippen LogP contribution in [0.3, 0.4) is 0 Å². The number of hydrogen-bond donors (Lipinski definition) is 1. The zero-order valence-electron chi connectivity index (χ0n) is 7.18. The molecule has 15 heavy (non-hydrogen) atoms. The molecule has 82 valence electrons. The van der Waals surface area contributed by atoms with Gasteiger partial charge in [-0.2, -0.15) is 17.6 Å². The molecule has 7 heteroatoms. The van der Waals surface area contributed by atoms with E-state index in [2.05, 4.69) is 4.98 Å². The summed E-state index contributed by atoms with van der Waals surface area (Å²) in [5.41, 5.74) is -2.05. The van der Waals surface area contributed by atoms with Crippen molar-refractivity contribution >= 4 is 5.97 Å². The maximum atomic E-state index is 12.5. The van der Waals surface area contributed by atoms with Gasteiger partial charge in [-0.25, -0.2) is 4.98 Å². The molecule has 0 unspecified atom stereocenters. The van der Waals surface area contributed by atoms with Gasteiger partial charge in [-0.3, -0.25) is 4.79 Å². The van der Waals surface area contributed by atoms with Crippen molar-refractivity contribution < 1.29 is 27.5 Å². The first-order valence-electron chi connectivity index (χ1n) is 3.75. The summed E-state index contributed by atoms with van der Waals surface area (Å²) < 4.78 is 49.2. The van der Waals surface area contributed by atoms with Crippen LogP contribution in [0.5, 0.6) is 0 Å². The first-order valence-corrected chi connectivity index (χ1v) is 3.75. The van der Waals surface area contributed by atoms with Crippen LogP contribution >= 0.6 is 0 Å². The monoisotopic (exact) mass is 223 g/mol. The average molecular weight is 223 g/mol. The molecule has 3 nitrogen and oxygen atoms in total. The van der Waals surface area contributed by atoms with Crippen LogP contribution in [0, 0.1) is 5.95 Å². The molecule has 0 aliphatic rings. The number of rotatable bonds is 2. The summed E-state index contributed by atoms with van der Waals surface area (Å²) >= 11 is 0. The topological polar surface area (TPSA) is 50.2 Å². The van der Waals surface area contributed by atoms with E-state index in [9.17, 15) is 22.4 Å². The molecule has 0 aliphatic carbocycles. The van der Waals surface area contributed by atoms with Crippen LogP contribution in [0.15, 0.2) is 12.1 Å². The highest BCUT2D eigenvalue weighted by atomic mass is 19.4. The fourth-order valence-corrected chi connectivity index (χ4v) is 1.02. The third-order valence-electron chi connectivity index (χ3n) is 1.56. The molecule has 0 bridgehead atoms. The summed E-state index contributed by atoms with van der Waals surface area (Å²) in [6.45, 7) is 0. The first kappa shape index (κ1) is 11.4. The number of carboxylic acid groups (broad SMARTS) is 1. The quantitative estimate of drug-likeness (QED) is 0.615. The summed E-state index contributed by atoms with van der Waals surface area (Å²) in [5.74, 6) is -2.73. The number of hydrogen-bond acceptors (Lipinski definition) is 2. The summed E-state index contributed by atoms with van der Waals surface area (Å²) in [5, 5.41) is 8.34. The predicted octanol–water partition coefficient (Wildman–Crippen LogP) is 1.87. The minimum Gasteiger partial charge on any atom is -0.481 e. The predicted molar refractivity (Wildman–Crippen MR) is 40.5 cm³/mol. The largest absolute Gasteiger partial charge is 0.481 e. The highest BCUT2D eigenvalue weighted by Crippen LogP contribution is 2.30. The standard InChI is InChI=1S/C8H5F4NO2/c9-5-2-1-4(3-6(14)15)7(13-5)8(10,11)12/h1-2H,3H2,(H,14,15). The Morgan fingerprint density at radius 3 is 2.47 bits per heavy atom. The Balaban J connectivity index is 3.20. The Kier molecular flexibility index (Phi) is 2.92. The van der Waals surface area contributed by atoms with Crippen molar-refractivity contribution in [2.75, 3.05) is 0 Å². The van der Waals surface area contributed by atoms with Crippen molar-refractivity contribution in [1.29, 1.82) is 0 Å². The maximum Gasteiger partial charge on any atom is 0.433 e. The van der Waals surface area contributed by atoms with Crippen LogP contribution in [0.1, 0.15) is 11.3 Å². The molecule has 0 atom stereocenters. The zero-order valence-corrected chi connectivity index (χ0v) is 7.18. The van der Waals surface area contributed by atoms with Crippen molar-refractivity contribution in [3.63, 3.8) is 0 Å². The summed E-state index contributed by atoms with van der Waals surface area (Å²) in [6, 6.07) is 1.45. The molecule has 0 radical (unpaired) electrons. The minimum atomic E-state index is -4.85. The van der Waals surface area contributed by atoms with Crippen LogP contribution in [0.4, 0.5) is 17.6 Å². The second-order valence-corrected chi connectivity index (χ2v) is 2.71. The number of carboxylic acids is 1. The Morgan fingerprint density at radius 1 is 1.40 bits per heavy atom. The van der Waals surface area contributed by atoms with E-state index in [1.165, 1.54) is 0 Å². The lowest BCUT2D eigenvalue weighted by molar-refractivity contribution is -0.143. The molecule has 0 spiro atoms. The molecule has 1 aromatic rings. The number of carbonyl (C=O) groups is 1. The number of aromatic nitrogens is 1. The van der Waals surface area contributed by atoms with E-state index in [4.69, 9.17) is 5.11 Å². The summed E-state index contributed by atoms with van der Waals surface area (Å²) in [6.07, 6.45) is -5.70. The highest BCUT2D eigenvalue weighted by molar-refractivity contribution is 5.70.